The molecule has 35 heavy (non-hydrogen) atoms. The second-order valence-electron chi connectivity index (χ2n) is 8.54. The number of rotatable bonds is 7. The van der Waals surface area contributed by atoms with E-state index in [1.54, 1.807) is 40.8 Å². The lowest BCUT2D eigenvalue weighted by molar-refractivity contribution is 0.184. The number of nitrogens with zero attached hydrogens (tertiary/aromatic N) is 5. The number of benzene rings is 1. The minimum absolute atomic E-state index is 0.108. The number of aromatic nitrogens is 4. The number of amides is 3. The summed E-state index contributed by atoms with van der Waals surface area (Å²) in [5.74, 6) is 0.919. The Kier molecular flexibility index (Phi) is 7.23. The first-order valence-corrected chi connectivity index (χ1v) is 11.5. The summed E-state index contributed by atoms with van der Waals surface area (Å²) in [5, 5.41) is 18.6. The van der Waals surface area contributed by atoms with Crippen molar-refractivity contribution >= 4 is 23.6 Å². The summed E-state index contributed by atoms with van der Waals surface area (Å²) in [6.45, 7) is 4.30. The van der Waals surface area contributed by atoms with Crippen LogP contribution in [0.3, 0.4) is 0 Å². The molecule has 0 unspecified atom stereocenters. The third kappa shape index (κ3) is 5.73. The molecule has 0 atom stereocenters. The number of pyridine rings is 1. The van der Waals surface area contributed by atoms with Gasteiger partial charge in [-0.1, -0.05) is 18.9 Å². The van der Waals surface area contributed by atoms with Crippen LogP contribution in [0.1, 0.15) is 37.1 Å². The van der Waals surface area contributed by atoms with E-state index in [2.05, 4.69) is 25.7 Å². The van der Waals surface area contributed by atoms with Gasteiger partial charge in [0.2, 0.25) is 0 Å². The lowest BCUT2D eigenvalue weighted by Gasteiger charge is -2.29. The number of urea groups is 1. The molecule has 2 aromatic heterocycles. The molecule has 3 N–H and O–H groups in total. The third-order valence-corrected chi connectivity index (χ3v) is 6.20. The standard InChI is InChI=1S/C24H28FN7O3/c1-15-19(25)8-5-9-20(15)28-23(33)31(18-6-3-4-7-18)12-13-32-16(2)27-22(30-32)17-10-11-26-21(14-17)29-24(34)35/h5,8-11,14,18H,3-4,6-7,12-13H2,1-2H3,(H,26,29)(H,28,33)(H,34,35). The van der Waals surface area contributed by atoms with Crippen LogP contribution in [0.4, 0.5) is 25.5 Å². The maximum atomic E-state index is 14.0. The second-order valence-corrected chi connectivity index (χ2v) is 8.54. The first-order valence-electron chi connectivity index (χ1n) is 11.5. The lowest BCUT2D eigenvalue weighted by atomic mass is 10.2. The fourth-order valence-corrected chi connectivity index (χ4v) is 4.30. The molecule has 1 aromatic carbocycles. The Labute approximate surface area is 202 Å². The maximum absolute atomic E-state index is 14.0. The quantitative estimate of drug-likeness (QED) is 0.451. The molecule has 3 aromatic rings. The van der Waals surface area contributed by atoms with Crippen LogP contribution in [0, 0.1) is 19.7 Å². The van der Waals surface area contributed by atoms with Crippen molar-refractivity contribution in [3.8, 4) is 11.4 Å². The molecule has 3 amide bonds. The van der Waals surface area contributed by atoms with Crippen LogP contribution in [0.15, 0.2) is 36.5 Å². The zero-order chi connectivity index (χ0) is 24.9. The molecule has 1 saturated carbocycles. The Morgan fingerprint density at radius 1 is 1.20 bits per heavy atom. The fraction of sp³-hybridized carbons (Fsp3) is 0.375. The molecule has 184 valence electrons. The molecular weight excluding hydrogens is 453 g/mol. The van der Waals surface area contributed by atoms with E-state index >= 15 is 0 Å². The van der Waals surface area contributed by atoms with Crippen molar-refractivity contribution in [1.82, 2.24) is 24.6 Å². The highest BCUT2D eigenvalue weighted by atomic mass is 19.1. The summed E-state index contributed by atoms with van der Waals surface area (Å²) in [7, 11) is 0. The predicted octanol–water partition coefficient (Wildman–Crippen LogP) is 4.66. The van der Waals surface area contributed by atoms with Gasteiger partial charge in [-0.2, -0.15) is 5.10 Å². The fourth-order valence-electron chi connectivity index (χ4n) is 4.30. The molecule has 11 heteroatoms. The summed E-state index contributed by atoms with van der Waals surface area (Å²) >= 11 is 0. The van der Waals surface area contributed by atoms with Crippen molar-refractivity contribution in [2.24, 2.45) is 0 Å². The highest BCUT2D eigenvalue weighted by Gasteiger charge is 2.27. The largest absolute Gasteiger partial charge is 0.465 e. The molecular formula is C24H28FN7O3. The van der Waals surface area contributed by atoms with Gasteiger partial charge in [-0.05, 0) is 51.0 Å². The normalized spacial score (nSPS) is 13.6. The summed E-state index contributed by atoms with van der Waals surface area (Å²) in [6, 6.07) is 7.75. The van der Waals surface area contributed by atoms with Gasteiger partial charge >= 0.3 is 12.1 Å². The van der Waals surface area contributed by atoms with Gasteiger partial charge in [0.1, 0.15) is 17.5 Å². The average Bonchev–Trinajstić information content (AvgIpc) is 3.47. The van der Waals surface area contributed by atoms with Crippen LogP contribution < -0.4 is 10.6 Å². The highest BCUT2D eigenvalue weighted by molar-refractivity contribution is 5.90. The number of carbonyl (C=O) groups is 2. The van der Waals surface area contributed by atoms with E-state index < -0.39 is 6.09 Å². The molecule has 1 fully saturated rings. The van der Waals surface area contributed by atoms with Crippen LogP contribution in [0.25, 0.3) is 11.4 Å². The molecule has 10 nitrogen and oxygen atoms in total. The van der Waals surface area contributed by atoms with E-state index in [4.69, 9.17) is 5.11 Å². The van der Waals surface area contributed by atoms with Crippen LogP contribution in [-0.2, 0) is 6.54 Å². The molecule has 1 aliphatic rings. The molecule has 0 saturated heterocycles. The molecule has 4 rings (SSSR count). The highest BCUT2D eigenvalue weighted by Crippen LogP contribution is 2.26. The molecule has 0 radical (unpaired) electrons. The first-order chi connectivity index (χ1) is 16.8. The van der Waals surface area contributed by atoms with Crippen molar-refractivity contribution in [2.75, 3.05) is 17.2 Å². The lowest BCUT2D eigenvalue weighted by Crippen LogP contribution is -2.43. The number of hydrogen-bond donors (Lipinski definition) is 3. The number of aryl methyl sites for hydroxylation is 1. The zero-order valence-electron chi connectivity index (χ0n) is 19.7. The van der Waals surface area contributed by atoms with Crippen LogP contribution in [0.2, 0.25) is 0 Å². The van der Waals surface area contributed by atoms with Crippen molar-refractivity contribution in [3.05, 3.63) is 53.7 Å². The minimum Gasteiger partial charge on any atom is -0.465 e. The van der Waals surface area contributed by atoms with E-state index in [0.717, 1.165) is 25.7 Å². The number of hydrogen-bond acceptors (Lipinski definition) is 5. The van der Waals surface area contributed by atoms with Gasteiger partial charge in [-0.15, -0.1) is 0 Å². The van der Waals surface area contributed by atoms with Crippen LogP contribution in [0.5, 0.6) is 0 Å². The number of nitrogens with one attached hydrogen (secondary N) is 2. The summed E-state index contributed by atoms with van der Waals surface area (Å²) < 4.78 is 15.7. The van der Waals surface area contributed by atoms with Crippen molar-refractivity contribution in [2.45, 2.75) is 52.1 Å². The van der Waals surface area contributed by atoms with Crippen LogP contribution >= 0.6 is 0 Å². The molecule has 0 bridgehead atoms. The summed E-state index contributed by atoms with van der Waals surface area (Å²) in [5.41, 5.74) is 1.48. The Balaban J connectivity index is 1.49. The average molecular weight is 482 g/mol. The number of halogens is 1. The Morgan fingerprint density at radius 3 is 2.71 bits per heavy atom. The van der Waals surface area contributed by atoms with Gasteiger partial charge in [0.15, 0.2) is 5.82 Å². The van der Waals surface area contributed by atoms with Crippen molar-refractivity contribution < 1.29 is 19.1 Å². The van der Waals surface area contributed by atoms with E-state index in [-0.39, 0.29) is 23.7 Å². The Hall–Kier alpha value is -4.02. The summed E-state index contributed by atoms with van der Waals surface area (Å²) in [6.07, 6.45) is 4.25. The predicted molar refractivity (Wildman–Crippen MR) is 129 cm³/mol. The molecule has 0 spiro atoms. The SMILES string of the molecule is Cc1c(F)cccc1NC(=O)N(CCn1nc(-c2ccnc(NC(=O)O)c2)nc1C)C1CCCC1. The van der Waals surface area contributed by atoms with Gasteiger partial charge < -0.3 is 15.3 Å². The van der Waals surface area contributed by atoms with Gasteiger partial charge in [0.25, 0.3) is 0 Å². The van der Waals surface area contributed by atoms with Gasteiger partial charge in [-0.25, -0.2) is 28.6 Å². The Bertz CT molecular complexity index is 1220. The number of anilines is 2. The van der Waals surface area contributed by atoms with E-state index in [1.807, 2.05) is 6.92 Å². The smallest absolute Gasteiger partial charge is 0.410 e. The monoisotopic (exact) mass is 481 g/mol. The van der Waals surface area contributed by atoms with E-state index in [1.165, 1.54) is 12.3 Å². The van der Waals surface area contributed by atoms with E-state index in [0.29, 0.717) is 41.6 Å². The van der Waals surface area contributed by atoms with Crippen LogP contribution in [-0.4, -0.2) is 54.5 Å². The Morgan fingerprint density at radius 2 is 1.97 bits per heavy atom. The van der Waals surface area contributed by atoms with Gasteiger partial charge in [0.05, 0.1) is 6.54 Å². The van der Waals surface area contributed by atoms with Gasteiger partial charge in [0, 0.05) is 35.6 Å². The minimum atomic E-state index is -1.21. The molecule has 0 aliphatic heterocycles. The first kappa shape index (κ1) is 24.1. The molecule has 1 aliphatic carbocycles. The zero-order valence-corrected chi connectivity index (χ0v) is 19.7. The topological polar surface area (TPSA) is 125 Å². The van der Waals surface area contributed by atoms with E-state index in [9.17, 15) is 14.0 Å². The maximum Gasteiger partial charge on any atom is 0.410 e. The third-order valence-electron chi connectivity index (χ3n) is 6.20. The second kappa shape index (κ2) is 10.5. The summed E-state index contributed by atoms with van der Waals surface area (Å²) in [4.78, 5) is 34.4. The van der Waals surface area contributed by atoms with Crippen molar-refractivity contribution in [1.29, 1.82) is 0 Å². The number of carbonyl (C=O) groups excluding carboxylic acids is 1. The molecule has 2 heterocycles. The number of carboxylic acid groups (broad SMARTS) is 1. The van der Waals surface area contributed by atoms with Gasteiger partial charge in [-0.3, -0.25) is 5.32 Å². The van der Waals surface area contributed by atoms with Crippen molar-refractivity contribution in [3.63, 3.8) is 0 Å².